The highest BCUT2D eigenvalue weighted by Gasteiger charge is 2.16. The molecule has 0 aliphatic heterocycles. The molecule has 24 heavy (non-hydrogen) atoms. The van der Waals surface area contributed by atoms with E-state index in [1.165, 1.54) is 0 Å². The summed E-state index contributed by atoms with van der Waals surface area (Å²) in [5, 5.41) is 0. The molecule has 0 aliphatic carbocycles. The van der Waals surface area contributed by atoms with Crippen molar-refractivity contribution in [2.75, 3.05) is 59.8 Å². The number of rotatable bonds is 11. The fourth-order valence-corrected chi connectivity index (χ4v) is 2.38. The van der Waals surface area contributed by atoms with E-state index in [4.69, 9.17) is 4.74 Å². The lowest BCUT2D eigenvalue weighted by Gasteiger charge is -2.25. The minimum Gasteiger partial charge on any atom is -0.459 e. The van der Waals surface area contributed by atoms with Gasteiger partial charge in [0.05, 0.1) is 0 Å². The van der Waals surface area contributed by atoms with E-state index in [1.807, 2.05) is 38.2 Å². The van der Waals surface area contributed by atoms with E-state index in [0.29, 0.717) is 6.01 Å². The SMILES string of the molecule is C=CCC[C@H](CN(C)CCN(C)C)Oc1ncc(C)c(N(C)C)n1. The molecule has 6 heteroatoms. The van der Waals surface area contributed by atoms with E-state index in [-0.39, 0.29) is 6.10 Å². The molecule has 0 unspecified atom stereocenters. The van der Waals surface area contributed by atoms with Gasteiger partial charge in [0.15, 0.2) is 0 Å². The summed E-state index contributed by atoms with van der Waals surface area (Å²) in [5.74, 6) is 0.892. The summed E-state index contributed by atoms with van der Waals surface area (Å²) >= 11 is 0. The van der Waals surface area contributed by atoms with Gasteiger partial charge in [0, 0.05) is 45.5 Å². The van der Waals surface area contributed by atoms with Crippen LogP contribution in [-0.2, 0) is 0 Å². The molecule has 136 valence electrons. The lowest BCUT2D eigenvalue weighted by molar-refractivity contribution is 0.125. The van der Waals surface area contributed by atoms with Crippen molar-refractivity contribution < 1.29 is 4.74 Å². The molecule has 1 aromatic rings. The van der Waals surface area contributed by atoms with Gasteiger partial charge in [-0.1, -0.05) is 6.08 Å². The van der Waals surface area contributed by atoms with Gasteiger partial charge in [0.1, 0.15) is 11.9 Å². The molecule has 6 nitrogen and oxygen atoms in total. The number of allylic oxidation sites excluding steroid dienone is 1. The molecule has 1 rings (SSSR count). The lowest BCUT2D eigenvalue weighted by atomic mass is 10.2. The van der Waals surface area contributed by atoms with Gasteiger partial charge in [-0.25, -0.2) is 4.98 Å². The molecule has 0 aromatic carbocycles. The molecule has 0 bridgehead atoms. The van der Waals surface area contributed by atoms with Gasteiger partial charge in [0.25, 0.3) is 0 Å². The zero-order valence-corrected chi connectivity index (χ0v) is 16.1. The van der Waals surface area contributed by atoms with Gasteiger partial charge in [-0.3, -0.25) is 0 Å². The number of aromatic nitrogens is 2. The Morgan fingerprint density at radius 3 is 2.50 bits per heavy atom. The largest absolute Gasteiger partial charge is 0.459 e. The molecule has 1 heterocycles. The molecule has 0 fully saturated rings. The van der Waals surface area contributed by atoms with E-state index in [2.05, 4.69) is 47.5 Å². The number of likely N-dealkylation sites (N-methyl/N-ethyl adjacent to an activating group) is 2. The summed E-state index contributed by atoms with van der Waals surface area (Å²) < 4.78 is 6.09. The van der Waals surface area contributed by atoms with Crippen molar-refractivity contribution in [3.05, 3.63) is 24.4 Å². The number of aryl methyl sites for hydroxylation is 1. The van der Waals surface area contributed by atoms with Crippen LogP contribution in [0.1, 0.15) is 18.4 Å². The second-order valence-corrected chi connectivity index (χ2v) is 6.73. The molecule has 1 aromatic heterocycles. The average Bonchev–Trinajstić information content (AvgIpc) is 2.52. The van der Waals surface area contributed by atoms with Crippen molar-refractivity contribution in [3.63, 3.8) is 0 Å². The Hall–Kier alpha value is -1.66. The molecule has 0 spiro atoms. The van der Waals surface area contributed by atoms with Crippen molar-refractivity contribution in [2.45, 2.75) is 25.9 Å². The highest BCUT2D eigenvalue weighted by atomic mass is 16.5. The highest BCUT2D eigenvalue weighted by molar-refractivity contribution is 5.44. The van der Waals surface area contributed by atoms with Gasteiger partial charge in [-0.05, 0) is 40.9 Å². The van der Waals surface area contributed by atoms with E-state index in [0.717, 1.165) is 43.9 Å². The predicted octanol–water partition coefficient (Wildman–Crippen LogP) is 2.06. The van der Waals surface area contributed by atoms with Crippen LogP contribution in [0.5, 0.6) is 6.01 Å². The highest BCUT2D eigenvalue weighted by Crippen LogP contribution is 2.18. The van der Waals surface area contributed by atoms with Crippen LogP contribution < -0.4 is 9.64 Å². The van der Waals surface area contributed by atoms with Crippen LogP contribution in [0, 0.1) is 6.92 Å². The van der Waals surface area contributed by atoms with Crippen LogP contribution in [0.3, 0.4) is 0 Å². The van der Waals surface area contributed by atoms with Crippen LogP contribution in [0.25, 0.3) is 0 Å². The first-order chi connectivity index (χ1) is 11.3. The van der Waals surface area contributed by atoms with Crippen LogP contribution in [0.2, 0.25) is 0 Å². The Kier molecular flexibility index (Phi) is 8.71. The lowest BCUT2D eigenvalue weighted by Crippen LogP contribution is -2.37. The number of ether oxygens (including phenoxy) is 1. The van der Waals surface area contributed by atoms with Gasteiger partial charge < -0.3 is 19.4 Å². The van der Waals surface area contributed by atoms with E-state index < -0.39 is 0 Å². The zero-order chi connectivity index (χ0) is 18.1. The van der Waals surface area contributed by atoms with Crippen molar-refractivity contribution >= 4 is 5.82 Å². The summed E-state index contributed by atoms with van der Waals surface area (Å²) in [4.78, 5) is 15.3. The second kappa shape index (κ2) is 10.3. The third-order valence-electron chi connectivity index (χ3n) is 3.76. The standard InChI is InChI=1S/C18H33N5O/c1-8-9-10-16(14-23(7)12-11-21(3)4)24-18-19-13-15(2)17(20-18)22(5)6/h8,13,16H,1,9-12,14H2,2-7H3/t16-/m1/s1. The van der Waals surface area contributed by atoms with Gasteiger partial charge >= 0.3 is 6.01 Å². The summed E-state index contributed by atoms with van der Waals surface area (Å²) in [7, 11) is 10.2. The quantitative estimate of drug-likeness (QED) is 0.577. The zero-order valence-electron chi connectivity index (χ0n) is 16.1. The van der Waals surface area contributed by atoms with Crippen molar-refractivity contribution in [1.29, 1.82) is 0 Å². The maximum atomic E-state index is 6.09. The van der Waals surface area contributed by atoms with Crippen LogP contribution >= 0.6 is 0 Å². The number of hydrogen-bond acceptors (Lipinski definition) is 6. The van der Waals surface area contributed by atoms with E-state index in [1.54, 1.807) is 0 Å². The Bertz CT molecular complexity index is 504. The van der Waals surface area contributed by atoms with Gasteiger partial charge in [0.2, 0.25) is 0 Å². The van der Waals surface area contributed by atoms with Crippen molar-refractivity contribution in [1.82, 2.24) is 19.8 Å². The third kappa shape index (κ3) is 7.27. The molecular formula is C18H33N5O. The molecule has 0 saturated carbocycles. The molecule has 0 saturated heterocycles. The first-order valence-electron chi connectivity index (χ1n) is 8.45. The minimum absolute atomic E-state index is 0.0490. The molecule has 0 amide bonds. The first kappa shape index (κ1) is 20.4. The molecule has 0 aliphatic rings. The molecule has 1 atom stereocenters. The topological polar surface area (TPSA) is 44.7 Å². The Morgan fingerprint density at radius 2 is 1.92 bits per heavy atom. The predicted molar refractivity (Wildman–Crippen MR) is 101 cm³/mol. The summed E-state index contributed by atoms with van der Waals surface area (Å²) in [6, 6.07) is 0.444. The monoisotopic (exact) mass is 335 g/mol. The van der Waals surface area contributed by atoms with Crippen LogP contribution in [0.4, 0.5) is 5.82 Å². The smallest absolute Gasteiger partial charge is 0.318 e. The van der Waals surface area contributed by atoms with Gasteiger partial charge in [-0.15, -0.1) is 6.58 Å². The molecule has 0 N–H and O–H groups in total. The summed E-state index contributed by atoms with van der Waals surface area (Å²) in [5.41, 5.74) is 1.04. The fraction of sp³-hybridized carbons (Fsp3) is 0.667. The molecular weight excluding hydrogens is 302 g/mol. The second-order valence-electron chi connectivity index (χ2n) is 6.73. The summed E-state index contributed by atoms with van der Waals surface area (Å²) in [6.07, 6.45) is 5.62. The van der Waals surface area contributed by atoms with Crippen molar-refractivity contribution in [3.8, 4) is 6.01 Å². The number of hydrogen-bond donors (Lipinski definition) is 0. The Labute approximate surface area is 147 Å². The first-order valence-corrected chi connectivity index (χ1v) is 8.45. The summed E-state index contributed by atoms with van der Waals surface area (Å²) in [6.45, 7) is 8.68. The van der Waals surface area contributed by atoms with Crippen molar-refractivity contribution in [2.24, 2.45) is 0 Å². The van der Waals surface area contributed by atoms with E-state index >= 15 is 0 Å². The average molecular weight is 335 g/mol. The number of anilines is 1. The van der Waals surface area contributed by atoms with Crippen LogP contribution in [0.15, 0.2) is 18.9 Å². The molecule has 0 radical (unpaired) electrons. The Balaban J connectivity index is 2.74. The third-order valence-corrected chi connectivity index (χ3v) is 3.76. The normalized spacial score (nSPS) is 12.5. The van der Waals surface area contributed by atoms with Crippen LogP contribution in [-0.4, -0.2) is 80.7 Å². The minimum atomic E-state index is 0.0490. The fourth-order valence-electron chi connectivity index (χ4n) is 2.38. The maximum absolute atomic E-state index is 6.09. The Morgan fingerprint density at radius 1 is 1.21 bits per heavy atom. The van der Waals surface area contributed by atoms with Gasteiger partial charge in [-0.2, -0.15) is 4.98 Å². The maximum Gasteiger partial charge on any atom is 0.318 e. The number of nitrogens with zero attached hydrogens (tertiary/aromatic N) is 5. The van der Waals surface area contributed by atoms with E-state index in [9.17, 15) is 0 Å².